The normalized spacial score (nSPS) is 11.9. The van der Waals surface area contributed by atoms with E-state index in [1.54, 1.807) is 0 Å². The first kappa shape index (κ1) is 26.6. The molecule has 0 bridgehead atoms. The quantitative estimate of drug-likeness (QED) is 0.182. The van der Waals surface area contributed by atoms with E-state index in [2.05, 4.69) is 86.3 Å². The third-order valence-corrected chi connectivity index (χ3v) is 8.43. The zero-order valence-electron chi connectivity index (χ0n) is 21.8. The maximum atomic E-state index is 8.50. The van der Waals surface area contributed by atoms with Gasteiger partial charge in [-0.15, -0.1) is 0 Å². The Balaban J connectivity index is 2.10. The van der Waals surface area contributed by atoms with Gasteiger partial charge in [0.05, 0.1) is 0 Å². The topological polar surface area (TPSA) is 50.9 Å². The number of benzene rings is 4. The average Bonchev–Trinajstić information content (AvgIpc) is 2.92. The molecule has 0 saturated carbocycles. The lowest BCUT2D eigenvalue weighted by Gasteiger charge is -2.27. The molecule has 0 aliphatic heterocycles. The van der Waals surface area contributed by atoms with Gasteiger partial charge in [0.1, 0.15) is 0 Å². The number of hydrogen-bond acceptors (Lipinski definition) is 3. The smallest absolute Gasteiger partial charge is 0.0356 e. The van der Waals surface area contributed by atoms with Crippen LogP contribution in [0.2, 0.25) is 0 Å². The van der Waals surface area contributed by atoms with E-state index in [-0.39, 0.29) is 0 Å². The lowest BCUT2D eigenvalue weighted by atomic mass is 9.86. The molecule has 0 aromatic heterocycles. The summed E-state index contributed by atoms with van der Waals surface area (Å²) in [5, 5.41) is 23.9. The van der Waals surface area contributed by atoms with Crippen LogP contribution in [-0.4, -0.2) is 18.0 Å². The Morgan fingerprint density at radius 1 is 0.667 bits per heavy atom. The van der Waals surface area contributed by atoms with Crippen molar-refractivity contribution in [3.63, 3.8) is 0 Å². The summed E-state index contributed by atoms with van der Waals surface area (Å²) >= 11 is 0. The Morgan fingerprint density at radius 3 is 1.61 bits per heavy atom. The third kappa shape index (κ3) is 5.45. The first-order chi connectivity index (χ1) is 17.7. The minimum absolute atomic E-state index is 0.555. The Morgan fingerprint density at radius 2 is 1.14 bits per heavy atom. The minimum Gasteiger partial charge on any atom is -0.299 e. The number of hydrogen-bond donors (Lipinski definition) is 2. The molecule has 4 rings (SSSR count). The van der Waals surface area contributed by atoms with Crippen LogP contribution in [-0.2, 0) is 13.0 Å². The van der Waals surface area contributed by atoms with Crippen molar-refractivity contribution in [3.8, 4) is 11.1 Å². The lowest BCUT2D eigenvalue weighted by molar-refractivity contribution is 0.258. The van der Waals surface area contributed by atoms with Crippen LogP contribution in [0.3, 0.4) is 0 Å². The van der Waals surface area contributed by atoms with Crippen LogP contribution < -0.4 is 10.6 Å². The molecule has 0 heterocycles. The average molecular weight is 514 g/mol. The molecule has 0 atom stereocenters. The Labute approximate surface area is 219 Å². The van der Waals surface area contributed by atoms with E-state index in [0.717, 1.165) is 36.7 Å². The molecule has 5 heteroatoms. The van der Waals surface area contributed by atoms with Gasteiger partial charge in [0, 0.05) is 33.9 Å². The SMILES string of the molecule is CCCCN(CCCC)Cc1c(P=N)cc2ccccc2c1-c1c(CC)c(P=N)cc2ccccc12. The van der Waals surface area contributed by atoms with Crippen molar-refractivity contribution in [1.29, 1.82) is 10.3 Å². The van der Waals surface area contributed by atoms with E-state index < -0.39 is 0 Å². The van der Waals surface area contributed by atoms with E-state index in [1.165, 1.54) is 69.5 Å². The highest BCUT2D eigenvalue weighted by atomic mass is 31.1. The van der Waals surface area contributed by atoms with Gasteiger partial charge < -0.3 is 0 Å². The van der Waals surface area contributed by atoms with Gasteiger partial charge in [-0.05, 0) is 88.3 Å². The summed E-state index contributed by atoms with van der Waals surface area (Å²) in [7, 11) is 1.11. The predicted molar refractivity (Wildman–Crippen MR) is 160 cm³/mol. The summed E-state index contributed by atoms with van der Waals surface area (Å²) in [6.07, 6.45) is 5.64. The van der Waals surface area contributed by atoms with Crippen LogP contribution in [0.4, 0.5) is 0 Å². The Hall–Kier alpha value is -2.44. The van der Waals surface area contributed by atoms with E-state index in [4.69, 9.17) is 10.3 Å². The molecule has 0 aliphatic carbocycles. The standard InChI is InChI=1S/C31H37N3P2/c1-4-7-17-34(18-8-5-2)21-27-29(36-33)20-23-14-10-12-16-26(23)31(27)30-24(6-3)28(35-32)19-22-13-9-11-15-25(22)30/h9-16,19-20,32-33H,4-8,17-18,21H2,1-3H3. The Bertz CT molecular complexity index is 1370. The maximum absolute atomic E-state index is 8.50. The fourth-order valence-corrected chi connectivity index (χ4v) is 6.43. The van der Waals surface area contributed by atoms with Crippen LogP contribution in [0, 0.1) is 10.3 Å². The van der Waals surface area contributed by atoms with Gasteiger partial charge in [-0.3, -0.25) is 15.2 Å². The minimum atomic E-state index is 0.555. The van der Waals surface area contributed by atoms with Gasteiger partial charge in [0.15, 0.2) is 0 Å². The first-order valence-corrected chi connectivity index (χ1v) is 15.0. The highest BCUT2D eigenvalue weighted by molar-refractivity contribution is 7.35. The van der Waals surface area contributed by atoms with Crippen molar-refractivity contribution in [3.05, 3.63) is 71.8 Å². The molecule has 0 fully saturated rings. The summed E-state index contributed by atoms with van der Waals surface area (Å²) in [6, 6.07) is 21.8. The van der Waals surface area contributed by atoms with Gasteiger partial charge in [-0.1, -0.05) is 82.1 Å². The van der Waals surface area contributed by atoms with Crippen molar-refractivity contribution in [2.75, 3.05) is 13.1 Å². The third-order valence-electron chi connectivity index (χ3n) is 7.15. The van der Waals surface area contributed by atoms with E-state index in [9.17, 15) is 0 Å². The summed E-state index contributed by atoms with van der Waals surface area (Å²) < 4.78 is 0. The van der Waals surface area contributed by atoms with Gasteiger partial charge in [-0.25, -0.2) is 0 Å². The summed E-state index contributed by atoms with van der Waals surface area (Å²) in [6.45, 7) is 9.78. The van der Waals surface area contributed by atoms with Crippen LogP contribution in [0.25, 0.3) is 32.7 Å². The second-order valence-corrected chi connectivity index (χ2v) is 10.9. The van der Waals surface area contributed by atoms with Gasteiger partial charge in [0.25, 0.3) is 0 Å². The Kier molecular flexibility index (Phi) is 9.38. The van der Waals surface area contributed by atoms with Gasteiger partial charge >= 0.3 is 0 Å². The molecular formula is C31H37N3P2. The van der Waals surface area contributed by atoms with Crippen LogP contribution >= 0.6 is 16.7 Å². The molecule has 0 spiro atoms. The van der Waals surface area contributed by atoms with Gasteiger partial charge in [-0.2, -0.15) is 0 Å². The lowest BCUT2D eigenvalue weighted by Crippen LogP contribution is -2.28. The fourth-order valence-electron chi connectivity index (χ4n) is 5.30. The zero-order chi connectivity index (χ0) is 25.5. The monoisotopic (exact) mass is 513 g/mol. The van der Waals surface area contributed by atoms with E-state index in [1.807, 2.05) is 0 Å². The van der Waals surface area contributed by atoms with Crippen LogP contribution in [0.5, 0.6) is 0 Å². The van der Waals surface area contributed by atoms with Crippen molar-refractivity contribution < 1.29 is 0 Å². The first-order valence-electron chi connectivity index (χ1n) is 13.2. The molecule has 3 nitrogen and oxygen atoms in total. The second-order valence-electron chi connectivity index (χ2n) is 9.50. The molecule has 2 N–H and O–H groups in total. The van der Waals surface area contributed by atoms with Gasteiger partial charge in [0.2, 0.25) is 0 Å². The summed E-state index contributed by atoms with van der Waals surface area (Å²) in [5.41, 5.74) is 5.10. The summed E-state index contributed by atoms with van der Waals surface area (Å²) in [4.78, 5) is 2.61. The largest absolute Gasteiger partial charge is 0.299 e. The number of rotatable bonds is 12. The molecule has 186 valence electrons. The highest BCUT2D eigenvalue weighted by Gasteiger charge is 2.22. The second kappa shape index (κ2) is 12.7. The molecule has 4 aromatic carbocycles. The molecule has 0 saturated heterocycles. The van der Waals surface area contributed by atoms with Crippen molar-refractivity contribution in [2.24, 2.45) is 0 Å². The molecule has 4 aromatic rings. The molecule has 0 unspecified atom stereocenters. The molecule has 0 amide bonds. The number of unbranched alkanes of at least 4 members (excludes halogenated alkanes) is 2. The number of nitrogens with zero attached hydrogens (tertiary/aromatic N) is 1. The molecular weight excluding hydrogens is 476 g/mol. The molecule has 36 heavy (non-hydrogen) atoms. The maximum Gasteiger partial charge on any atom is 0.0356 e. The number of nitrogens with one attached hydrogen (secondary N) is 2. The van der Waals surface area contributed by atoms with Crippen LogP contribution in [0.15, 0.2) is 60.7 Å². The molecule has 0 aliphatic rings. The van der Waals surface area contributed by atoms with E-state index >= 15 is 0 Å². The van der Waals surface area contributed by atoms with Crippen molar-refractivity contribution >= 4 is 48.9 Å². The predicted octanol–water partition coefficient (Wildman–Crippen LogP) is 9.29. The number of fused-ring (bicyclic) bond motifs is 2. The van der Waals surface area contributed by atoms with Crippen molar-refractivity contribution in [1.82, 2.24) is 4.90 Å². The molecule has 0 radical (unpaired) electrons. The highest BCUT2D eigenvalue weighted by Crippen LogP contribution is 2.40. The van der Waals surface area contributed by atoms with Crippen molar-refractivity contribution in [2.45, 2.75) is 59.4 Å². The summed E-state index contributed by atoms with van der Waals surface area (Å²) in [5.74, 6) is 0. The fraction of sp³-hybridized carbons (Fsp3) is 0.355. The van der Waals surface area contributed by atoms with E-state index in [0.29, 0.717) is 16.7 Å². The van der Waals surface area contributed by atoms with Crippen LogP contribution in [0.1, 0.15) is 57.6 Å². The zero-order valence-corrected chi connectivity index (χ0v) is 23.6.